The predicted octanol–water partition coefficient (Wildman–Crippen LogP) is 1.94. The van der Waals surface area contributed by atoms with Crippen LogP contribution in [0.2, 0.25) is 0 Å². The zero-order valence-corrected chi connectivity index (χ0v) is 12.0. The van der Waals surface area contributed by atoms with Crippen LogP contribution in [0.5, 0.6) is 0 Å². The van der Waals surface area contributed by atoms with Crippen LogP contribution in [0, 0.1) is 10.1 Å². The van der Waals surface area contributed by atoms with E-state index in [1.54, 1.807) is 12.1 Å². The van der Waals surface area contributed by atoms with Gasteiger partial charge in [-0.2, -0.15) is 0 Å². The summed E-state index contributed by atoms with van der Waals surface area (Å²) >= 11 is 3.33. The number of aliphatic hydroxyl groups is 1. The highest BCUT2D eigenvalue weighted by molar-refractivity contribution is 9.10. The Hall–Kier alpha value is -1.18. The van der Waals surface area contributed by atoms with Crippen molar-refractivity contribution in [2.24, 2.45) is 0 Å². The number of nitro groups is 1. The number of rotatable bonds is 3. The van der Waals surface area contributed by atoms with E-state index in [9.17, 15) is 15.2 Å². The number of benzene rings is 1. The summed E-state index contributed by atoms with van der Waals surface area (Å²) in [6.07, 6.45) is -0.396. The lowest BCUT2D eigenvalue weighted by atomic mass is 10.1. The molecule has 1 aromatic carbocycles. The van der Waals surface area contributed by atoms with Crippen molar-refractivity contribution in [3.63, 3.8) is 0 Å². The fraction of sp³-hybridized carbons (Fsp3) is 0.500. The van der Waals surface area contributed by atoms with Crippen molar-refractivity contribution in [2.75, 3.05) is 24.6 Å². The van der Waals surface area contributed by atoms with Gasteiger partial charge in [0.2, 0.25) is 0 Å². The molecule has 1 aromatic rings. The molecule has 1 aliphatic heterocycles. The standard InChI is InChI=1S/C12H15BrN2O4/c1-8-5-14(6-10(7-16)19-8)12-4-9(13)2-3-11(12)15(17)18/h2-4,8,10,16H,5-7H2,1H3. The summed E-state index contributed by atoms with van der Waals surface area (Å²) in [4.78, 5) is 12.6. The number of nitro benzene ring substituents is 1. The van der Waals surface area contributed by atoms with Crippen LogP contribution in [-0.2, 0) is 4.74 Å². The number of anilines is 1. The molecule has 2 unspecified atom stereocenters. The summed E-state index contributed by atoms with van der Waals surface area (Å²) in [5.74, 6) is 0. The van der Waals surface area contributed by atoms with Crippen molar-refractivity contribution in [1.29, 1.82) is 0 Å². The van der Waals surface area contributed by atoms with E-state index in [-0.39, 0.29) is 24.5 Å². The van der Waals surface area contributed by atoms with Crippen molar-refractivity contribution in [1.82, 2.24) is 0 Å². The third kappa shape index (κ3) is 3.23. The summed E-state index contributed by atoms with van der Waals surface area (Å²) in [6.45, 7) is 2.80. The highest BCUT2D eigenvalue weighted by Gasteiger charge is 2.29. The Balaban J connectivity index is 2.34. The fourth-order valence-corrected chi connectivity index (χ4v) is 2.60. The maximum Gasteiger partial charge on any atom is 0.292 e. The van der Waals surface area contributed by atoms with Gasteiger partial charge in [-0.15, -0.1) is 0 Å². The number of halogens is 1. The Labute approximate surface area is 119 Å². The first-order valence-electron chi connectivity index (χ1n) is 5.96. The molecule has 2 atom stereocenters. The van der Waals surface area contributed by atoms with Gasteiger partial charge < -0.3 is 14.7 Å². The minimum atomic E-state index is -0.393. The molecule has 104 valence electrons. The lowest BCUT2D eigenvalue weighted by Crippen LogP contribution is -2.48. The molecule has 7 heteroatoms. The van der Waals surface area contributed by atoms with Gasteiger partial charge in [0.1, 0.15) is 5.69 Å². The van der Waals surface area contributed by atoms with E-state index in [1.807, 2.05) is 11.8 Å². The van der Waals surface area contributed by atoms with E-state index in [2.05, 4.69) is 15.9 Å². The maximum absolute atomic E-state index is 11.1. The topological polar surface area (TPSA) is 75.8 Å². The van der Waals surface area contributed by atoms with E-state index >= 15 is 0 Å². The summed E-state index contributed by atoms with van der Waals surface area (Å²) in [5, 5.41) is 20.3. The van der Waals surface area contributed by atoms with Gasteiger partial charge in [0, 0.05) is 23.6 Å². The Kier molecular flexibility index (Phi) is 4.38. The van der Waals surface area contributed by atoms with Crippen LogP contribution in [-0.4, -0.2) is 41.9 Å². The molecule has 1 fully saturated rings. The van der Waals surface area contributed by atoms with Crippen molar-refractivity contribution < 1.29 is 14.8 Å². The average Bonchev–Trinajstić information content (AvgIpc) is 2.37. The molecule has 1 heterocycles. The summed E-state index contributed by atoms with van der Waals surface area (Å²) in [7, 11) is 0. The summed E-state index contributed by atoms with van der Waals surface area (Å²) in [6, 6.07) is 4.85. The van der Waals surface area contributed by atoms with Crippen LogP contribution >= 0.6 is 15.9 Å². The first kappa shape index (κ1) is 14.2. The molecule has 1 saturated heterocycles. The van der Waals surface area contributed by atoms with Crippen LogP contribution in [0.3, 0.4) is 0 Å². The van der Waals surface area contributed by atoms with Crippen LogP contribution < -0.4 is 4.90 Å². The Bertz CT molecular complexity index is 483. The largest absolute Gasteiger partial charge is 0.394 e. The molecule has 6 nitrogen and oxygen atoms in total. The second-order valence-electron chi connectivity index (χ2n) is 4.55. The maximum atomic E-state index is 11.1. The van der Waals surface area contributed by atoms with E-state index in [1.165, 1.54) is 6.07 Å². The zero-order valence-electron chi connectivity index (χ0n) is 10.5. The number of hydrogen-bond acceptors (Lipinski definition) is 5. The molecule has 1 aliphatic rings. The van der Waals surface area contributed by atoms with Gasteiger partial charge in [-0.05, 0) is 19.1 Å². The number of nitrogens with zero attached hydrogens (tertiary/aromatic N) is 2. The van der Waals surface area contributed by atoms with Gasteiger partial charge in [-0.3, -0.25) is 10.1 Å². The van der Waals surface area contributed by atoms with Gasteiger partial charge in [0.15, 0.2) is 0 Å². The smallest absolute Gasteiger partial charge is 0.292 e. The first-order valence-corrected chi connectivity index (χ1v) is 6.75. The minimum Gasteiger partial charge on any atom is -0.394 e. The molecule has 19 heavy (non-hydrogen) atoms. The highest BCUT2D eigenvalue weighted by Crippen LogP contribution is 2.33. The molecular weight excluding hydrogens is 316 g/mol. The van der Waals surface area contributed by atoms with E-state index < -0.39 is 4.92 Å². The molecule has 0 bridgehead atoms. The fourth-order valence-electron chi connectivity index (χ4n) is 2.25. The van der Waals surface area contributed by atoms with Crippen molar-refractivity contribution >= 4 is 27.3 Å². The highest BCUT2D eigenvalue weighted by atomic mass is 79.9. The third-order valence-electron chi connectivity index (χ3n) is 3.00. The van der Waals surface area contributed by atoms with Gasteiger partial charge in [0.05, 0.1) is 23.7 Å². The normalized spacial score (nSPS) is 23.4. The number of aliphatic hydroxyl groups excluding tert-OH is 1. The second kappa shape index (κ2) is 5.85. The van der Waals surface area contributed by atoms with Gasteiger partial charge >= 0.3 is 0 Å². The summed E-state index contributed by atoms with van der Waals surface area (Å²) in [5.41, 5.74) is 0.613. The SMILES string of the molecule is CC1CN(c2cc(Br)ccc2[N+](=O)[O-])CC(CO)O1. The van der Waals surface area contributed by atoms with Crippen molar-refractivity contribution in [3.8, 4) is 0 Å². The minimum absolute atomic E-state index is 0.0639. The molecule has 0 saturated carbocycles. The summed E-state index contributed by atoms with van der Waals surface area (Å²) < 4.78 is 6.33. The lowest BCUT2D eigenvalue weighted by Gasteiger charge is -2.37. The predicted molar refractivity (Wildman–Crippen MR) is 74.4 cm³/mol. The molecule has 1 N–H and O–H groups in total. The molecule has 0 aliphatic carbocycles. The number of ether oxygens (including phenoxy) is 1. The average molecular weight is 331 g/mol. The Morgan fingerprint density at radius 2 is 2.32 bits per heavy atom. The van der Waals surface area contributed by atoms with Crippen molar-refractivity contribution in [3.05, 3.63) is 32.8 Å². The van der Waals surface area contributed by atoms with E-state index in [0.29, 0.717) is 18.8 Å². The molecule has 0 aromatic heterocycles. The number of hydrogen-bond donors (Lipinski definition) is 1. The van der Waals surface area contributed by atoms with Gasteiger partial charge in [0.25, 0.3) is 5.69 Å². The Morgan fingerprint density at radius 3 is 2.95 bits per heavy atom. The second-order valence-corrected chi connectivity index (χ2v) is 5.46. The molecule has 0 radical (unpaired) electrons. The van der Waals surface area contributed by atoms with E-state index in [4.69, 9.17) is 4.74 Å². The first-order chi connectivity index (χ1) is 9.01. The van der Waals surface area contributed by atoms with Crippen LogP contribution in [0.25, 0.3) is 0 Å². The van der Waals surface area contributed by atoms with E-state index in [0.717, 1.165) is 4.47 Å². The van der Waals surface area contributed by atoms with Gasteiger partial charge in [-0.1, -0.05) is 15.9 Å². The quantitative estimate of drug-likeness (QED) is 0.677. The molecule has 0 spiro atoms. The molecule has 0 amide bonds. The monoisotopic (exact) mass is 330 g/mol. The van der Waals surface area contributed by atoms with Crippen molar-refractivity contribution in [2.45, 2.75) is 19.1 Å². The molecule has 2 rings (SSSR count). The number of morpholine rings is 1. The zero-order chi connectivity index (χ0) is 14.0. The van der Waals surface area contributed by atoms with Crippen LogP contribution in [0.1, 0.15) is 6.92 Å². The third-order valence-corrected chi connectivity index (χ3v) is 3.50. The van der Waals surface area contributed by atoms with Crippen LogP contribution in [0.4, 0.5) is 11.4 Å². The van der Waals surface area contributed by atoms with Gasteiger partial charge in [-0.25, -0.2) is 0 Å². The Morgan fingerprint density at radius 1 is 1.58 bits per heavy atom. The molecular formula is C12H15BrN2O4. The van der Waals surface area contributed by atoms with Crippen LogP contribution in [0.15, 0.2) is 22.7 Å². The lowest BCUT2D eigenvalue weighted by molar-refractivity contribution is -0.384.